The third-order valence-electron chi connectivity index (χ3n) is 6.38. The summed E-state index contributed by atoms with van der Waals surface area (Å²) in [6.45, 7) is 9.47. The molecule has 0 fully saturated rings. The van der Waals surface area contributed by atoms with Gasteiger partial charge in [-0.15, -0.1) is 0 Å². The Balaban J connectivity index is -0.0000000630. The van der Waals surface area contributed by atoms with E-state index in [0.717, 1.165) is 46.5 Å². The number of esters is 1. The molecule has 0 atom stereocenters. The summed E-state index contributed by atoms with van der Waals surface area (Å²) in [4.78, 5) is 26.5. The summed E-state index contributed by atoms with van der Waals surface area (Å²) in [6, 6.07) is 12.0. The lowest BCUT2D eigenvalue weighted by atomic mass is 10.1. The molecule has 2 aromatic heterocycles. The molecule has 0 saturated carbocycles. The zero-order valence-corrected chi connectivity index (χ0v) is 23.2. The van der Waals surface area contributed by atoms with Crippen molar-refractivity contribution in [3.8, 4) is 5.82 Å². The maximum absolute atomic E-state index is 13.0. The molecule has 38 heavy (non-hydrogen) atoms. The molecule has 4 rings (SSSR count). The number of para-hydroxylation sites is 1. The smallest absolute Gasteiger partial charge is 0.343 e. The zero-order valence-electron chi connectivity index (χ0n) is 59.2. The van der Waals surface area contributed by atoms with Gasteiger partial charge in [0.05, 0.1) is 23.0 Å². The minimum Gasteiger partial charge on any atom is -0.459 e. The number of rotatable bonds is 9. The Morgan fingerprint density at radius 3 is 2.61 bits per heavy atom. The van der Waals surface area contributed by atoms with E-state index in [9.17, 15) is 4.79 Å². The molecule has 0 bridgehead atoms. The summed E-state index contributed by atoms with van der Waals surface area (Å²) in [5.74, 6) is 0.332. The molecule has 0 saturated heterocycles. The van der Waals surface area contributed by atoms with Crippen molar-refractivity contribution in [2.24, 2.45) is 0 Å². The molecule has 2 aromatic carbocycles. The van der Waals surface area contributed by atoms with Crippen molar-refractivity contribution in [1.29, 1.82) is 0 Å². The first-order valence-electron chi connectivity index (χ1n) is 30.7. The van der Waals surface area contributed by atoms with Crippen molar-refractivity contribution >= 4 is 39.9 Å². The van der Waals surface area contributed by atoms with Crippen LogP contribution in [0.3, 0.4) is 0 Å². The van der Waals surface area contributed by atoms with Gasteiger partial charge in [-0.1, -0.05) is 18.2 Å². The minimum absolute atomic E-state index is 0.267. The molecule has 0 radical (unpaired) electrons. The monoisotopic (exact) mass is 624 g/mol. The highest BCUT2D eigenvalue weighted by atomic mass is 16.5. The van der Waals surface area contributed by atoms with Crippen molar-refractivity contribution in [2.75, 3.05) is 50.2 Å². The van der Waals surface area contributed by atoms with Crippen LogP contribution in [0.2, 0.25) is 0 Å². The van der Waals surface area contributed by atoms with Gasteiger partial charge in [0.2, 0.25) is 5.95 Å². The number of aryl methyl sites for hydroxylation is 2. The molecule has 0 spiro atoms. The lowest BCUT2D eigenvalue weighted by Gasteiger charge is -2.24. The van der Waals surface area contributed by atoms with Gasteiger partial charge >= 0.3 is 5.97 Å². The fourth-order valence-electron chi connectivity index (χ4n) is 4.33. The van der Waals surface area contributed by atoms with Crippen molar-refractivity contribution < 1.29 is 63.0 Å². The SMILES string of the molecule is Cc1cc(N(C)CCN(C)C)c(N)cc1Nc1ncc(C(=O)OC(C)C)c(-n2cc(C)c3ccccc32)n1.[3H][3H].[3H][3H].[3H][3H].[3H][3H].[3H][3H].[3H][3H].[3H][3H].[3H][3H].[3H][3H].[3H][3H].[3H][3H].[3H][3H].[3H][3H].[3H][3H].[3H][3H].[3H][3H].[3H][3H].[3H][3H]. The van der Waals surface area contributed by atoms with Gasteiger partial charge in [0.1, 0.15) is 5.56 Å². The molecular formula is C29H73N7O2. The van der Waals surface area contributed by atoms with Gasteiger partial charge in [-0.05, 0) is 71.1 Å². The van der Waals surface area contributed by atoms with Gasteiger partial charge in [0, 0.05) is 97.1 Å². The van der Waals surface area contributed by atoms with Gasteiger partial charge in [0.15, 0.2) is 5.82 Å². The summed E-state index contributed by atoms with van der Waals surface area (Å²) in [5.41, 5.74) is 12.2. The Morgan fingerprint density at radius 2 is 1.89 bits per heavy atom. The largest absolute Gasteiger partial charge is 0.459 e. The number of fused-ring (bicyclic) bond motifs is 1. The number of likely N-dealkylation sites (N-methyl/N-ethyl adjacent to an activating group) is 2. The fourth-order valence-corrected chi connectivity index (χ4v) is 4.33. The first-order chi connectivity index (χ1) is 36.0. The predicted molar refractivity (Wildman–Crippen MR) is 193 cm³/mol. The van der Waals surface area contributed by atoms with E-state index >= 15 is 0 Å². The Labute approximate surface area is 279 Å². The van der Waals surface area contributed by atoms with Crippen LogP contribution in [0.1, 0.15) is 88.8 Å². The molecular weight excluding hydrogens is 478 g/mol. The van der Waals surface area contributed by atoms with Crippen LogP contribution in [0.4, 0.5) is 23.0 Å². The highest BCUT2D eigenvalue weighted by molar-refractivity contribution is 5.94. The van der Waals surface area contributed by atoms with E-state index in [0.29, 0.717) is 23.0 Å². The molecule has 9 nitrogen and oxygen atoms in total. The number of ether oxygens (including phenoxy) is 1. The van der Waals surface area contributed by atoms with E-state index in [1.54, 1.807) is 0 Å². The third-order valence-corrected chi connectivity index (χ3v) is 6.38. The Hall–Kier alpha value is -4.11. The number of nitrogens with zero attached hydrogens (tertiary/aromatic N) is 5. The quantitative estimate of drug-likeness (QED) is 0.140. The number of hydrogen-bond acceptors (Lipinski definition) is 8. The summed E-state index contributed by atoms with van der Waals surface area (Å²) >= 11 is 0. The summed E-state index contributed by atoms with van der Waals surface area (Å²) in [7, 11) is 6.14. The van der Waals surface area contributed by atoms with E-state index in [2.05, 4.69) is 46.3 Å². The van der Waals surface area contributed by atoms with E-state index in [-0.39, 0.29) is 6.10 Å². The first-order valence-corrected chi connectivity index (χ1v) is 12.7. The molecule has 3 N–H and O–H groups in total. The number of anilines is 4. The van der Waals surface area contributed by atoms with Crippen LogP contribution < -0.4 is 16.0 Å². The van der Waals surface area contributed by atoms with E-state index in [1.165, 1.54) is 6.20 Å². The van der Waals surface area contributed by atoms with Crippen LogP contribution in [0.15, 0.2) is 48.8 Å². The number of nitrogens with one attached hydrogen (secondary N) is 1. The number of nitrogens with two attached hydrogens (primary N) is 1. The second-order valence-corrected chi connectivity index (χ2v) is 10.2. The topological polar surface area (TPSA) is 102 Å². The van der Waals surface area contributed by atoms with Crippen LogP contribution in [0.25, 0.3) is 16.7 Å². The van der Waals surface area contributed by atoms with Gasteiger partial charge in [-0.25, -0.2) is 9.78 Å². The lowest BCUT2D eigenvalue weighted by Crippen LogP contribution is -2.29. The fraction of sp³-hybridized carbons (Fsp3) is 0.345. The standard InChI is InChI=1S/C29H37N7O2.18H2/c1-18(2)38-28(37)22-16-31-29(33-27(22)36-17-20(4)21-10-8-9-11-25(21)36)32-24-15-23(30)26(14-19(24)3)35(7)13-12-34(5)6;;;;;;;;;;;;;;;;;;/h8-11,14-18H,12-13,30H2,1-7H3,(H,31,32,33);18*1H/i;18*1+2T. The summed E-state index contributed by atoms with van der Waals surface area (Å²) in [6.07, 6.45) is 3.22. The molecule has 0 amide bonds. The van der Waals surface area contributed by atoms with Gasteiger partial charge in [0.25, 0.3) is 0 Å². The van der Waals surface area contributed by atoms with Crippen molar-refractivity contribution in [3.63, 3.8) is 0 Å². The summed E-state index contributed by atoms with van der Waals surface area (Å²) < 4.78 is 187. The molecule has 236 valence electrons. The second-order valence-electron chi connectivity index (χ2n) is 10.2. The average molecular weight is 624 g/mol. The maximum atomic E-state index is 13.0. The lowest BCUT2D eigenvalue weighted by molar-refractivity contribution is 0.0377. The van der Waals surface area contributed by atoms with Crippen LogP contribution in [0, 0.1) is 13.8 Å². The van der Waals surface area contributed by atoms with E-state index in [4.69, 9.17) is 68.9 Å². The number of carbonyl (C=O) groups excluding carboxylic acids is 1. The van der Waals surface area contributed by atoms with Gasteiger partial charge in [-0.3, -0.25) is 0 Å². The number of carbonyl (C=O) groups is 1. The van der Waals surface area contributed by atoms with Crippen molar-refractivity contribution in [1.82, 2.24) is 19.4 Å². The average Bonchev–Trinajstić information content (AvgIpc) is 3.85. The molecule has 9 heteroatoms. The Bertz CT molecular complexity index is 1530. The highest BCUT2D eigenvalue weighted by Crippen LogP contribution is 2.31. The molecule has 4 aromatic rings. The third kappa shape index (κ3) is 5.73. The summed E-state index contributed by atoms with van der Waals surface area (Å²) in [5, 5.41) is 4.39. The van der Waals surface area contributed by atoms with Crippen LogP contribution >= 0.6 is 0 Å². The molecule has 0 aliphatic rings. The zero-order chi connectivity index (χ0) is 63.6. The van der Waals surface area contributed by atoms with Crippen molar-refractivity contribution in [2.45, 2.75) is 33.8 Å². The number of hydrogen-bond donors (Lipinski definition) is 2. The number of nitrogen functional groups attached to an aromatic ring is 1. The second kappa shape index (κ2) is 11.1. The van der Waals surface area contributed by atoms with Gasteiger partial charge in [-0.2, -0.15) is 4.98 Å². The van der Waals surface area contributed by atoms with Crippen LogP contribution in [0.5, 0.6) is 0 Å². The highest BCUT2D eigenvalue weighted by Gasteiger charge is 2.21. The van der Waals surface area contributed by atoms with Crippen LogP contribution in [-0.4, -0.2) is 65.7 Å². The van der Waals surface area contributed by atoms with Crippen LogP contribution in [-0.2, 0) is 4.74 Å². The number of benzene rings is 2. The molecule has 0 unspecified atom stereocenters. The molecule has 0 aliphatic carbocycles. The minimum atomic E-state index is -0.470. The Morgan fingerprint density at radius 1 is 1.16 bits per heavy atom. The number of aromatic nitrogens is 3. The molecule has 0 aliphatic heterocycles. The van der Waals surface area contributed by atoms with E-state index in [1.807, 2.05) is 69.8 Å². The normalized spacial score (nSPS) is 15.2. The molecule has 2 heterocycles. The van der Waals surface area contributed by atoms with Crippen molar-refractivity contribution in [3.05, 3.63) is 65.5 Å². The maximum Gasteiger partial charge on any atom is 0.343 e. The van der Waals surface area contributed by atoms with Gasteiger partial charge < -0.3 is 30.2 Å². The predicted octanol–water partition coefficient (Wildman–Crippen LogP) is 9.35. The van der Waals surface area contributed by atoms with E-state index < -0.39 is 5.97 Å². The first kappa shape index (κ1) is 12.2. The Kier molecular flexibility index (Phi) is 3.55.